The maximum Gasteiger partial charge on any atom is 0.217 e. The highest BCUT2D eigenvalue weighted by Crippen LogP contribution is 2.18. The average molecular weight is 205 g/mol. The minimum atomic E-state index is -0.238. The van der Waals surface area contributed by atoms with Crippen LogP contribution in [0.3, 0.4) is 0 Å². The van der Waals surface area contributed by atoms with E-state index >= 15 is 0 Å². The van der Waals surface area contributed by atoms with E-state index in [9.17, 15) is 4.79 Å². The molecule has 1 amide bonds. The number of primary amides is 1. The monoisotopic (exact) mass is 205 g/mol. The highest BCUT2D eigenvalue weighted by molar-refractivity contribution is 5.75. The van der Waals surface area contributed by atoms with Crippen LogP contribution in [0.4, 0.5) is 0 Å². The maximum atomic E-state index is 10.8. The molecule has 0 saturated carbocycles. The van der Waals surface area contributed by atoms with Gasteiger partial charge in [0.15, 0.2) is 0 Å². The molecule has 1 aromatic heterocycles. The summed E-state index contributed by atoms with van der Waals surface area (Å²) in [7, 11) is 0. The summed E-state index contributed by atoms with van der Waals surface area (Å²) in [5.41, 5.74) is 6.37. The number of carbonyl (C=O) groups excluding carboxylic acids is 1. The highest BCUT2D eigenvalue weighted by Gasteiger charge is 2.10. The zero-order chi connectivity index (χ0) is 11.1. The molecule has 3 heteroatoms. The molecule has 1 radical (unpaired) electrons. The Bertz CT molecular complexity index is 298. The third kappa shape index (κ3) is 4.58. The highest BCUT2D eigenvalue weighted by atomic mass is 16.1. The Labute approximate surface area is 90.7 Å². The largest absolute Gasteiger partial charge is 0.370 e. The molecule has 0 unspecified atom stereocenters. The summed E-state index contributed by atoms with van der Waals surface area (Å²) in [4.78, 5) is 14.8. The van der Waals surface area contributed by atoms with Crippen molar-refractivity contribution in [2.75, 3.05) is 0 Å². The molecule has 1 aromatic rings. The number of rotatable bonds is 6. The Kier molecular flexibility index (Phi) is 4.81. The lowest BCUT2D eigenvalue weighted by Crippen LogP contribution is -2.15. The van der Waals surface area contributed by atoms with Crippen molar-refractivity contribution in [3.05, 3.63) is 36.0 Å². The van der Waals surface area contributed by atoms with Crippen molar-refractivity contribution >= 4 is 5.91 Å². The van der Waals surface area contributed by atoms with Crippen LogP contribution >= 0.6 is 0 Å². The summed E-state index contributed by atoms with van der Waals surface area (Å²) in [6.07, 6.45) is 6.81. The van der Waals surface area contributed by atoms with Gasteiger partial charge in [0.1, 0.15) is 0 Å². The van der Waals surface area contributed by atoms with E-state index in [4.69, 9.17) is 5.73 Å². The molecule has 1 heterocycles. The normalized spacial score (nSPS) is 10.5. The van der Waals surface area contributed by atoms with Crippen molar-refractivity contribution in [1.29, 1.82) is 0 Å². The van der Waals surface area contributed by atoms with Crippen molar-refractivity contribution in [1.82, 2.24) is 4.98 Å². The lowest BCUT2D eigenvalue weighted by molar-refractivity contribution is -0.117. The number of aryl methyl sites for hydroxylation is 1. The SMILES string of the molecule is CC[C](CCc1cccnc1)CC(N)=O. The van der Waals surface area contributed by atoms with E-state index in [0.717, 1.165) is 19.3 Å². The van der Waals surface area contributed by atoms with Crippen LogP contribution in [0.5, 0.6) is 0 Å². The molecule has 0 aliphatic carbocycles. The molecular weight excluding hydrogens is 188 g/mol. The number of nitrogens with zero attached hydrogens (tertiary/aromatic N) is 1. The molecule has 0 atom stereocenters. The first kappa shape index (κ1) is 11.7. The molecule has 0 bridgehead atoms. The quantitative estimate of drug-likeness (QED) is 0.770. The Hall–Kier alpha value is -1.38. The first-order valence-electron chi connectivity index (χ1n) is 5.23. The lowest BCUT2D eigenvalue weighted by Gasteiger charge is -2.11. The summed E-state index contributed by atoms with van der Waals surface area (Å²) < 4.78 is 0. The Morgan fingerprint density at radius 2 is 2.33 bits per heavy atom. The van der Waals surface area contributed by atoms with Gasteiger partial charge in [0.25, 0.3) is 0 Å². The predicted octanol–water partition coefficient (Wildman–Crippen LogP) is 1.87. The molecule has 2 N–H and O–H groups in total. The van der Waals surface area contributed by atoms with Gasteiger partial charge in [-0.3, -0.25) is 9.78 Å². The number of pyridine rings is 1. The first-order valence-corrected chi connectivity index (χ1v) is 5.23. The zero-order valence-electron chi connectivity index (χ0n) is 9.07. The molecule has 0 spiro atoms. The van der Waals surface area contributed by atoms with E-state index in [-0.39, 0.29) is 5.91 Å². The van der Waals surface area contributed by atoms with Crippen LogP contribution in [0.25, 0.3) is 0 Å². The molecule has 3 nitrogen and oxygen atoms in total. The van der Waals surface area contributed by atoms with E-state index in [1.165, 1.54) is 11.5 Å². The standard InChI is InChI=1S/C12H17N2O/c1-2-10(8-12(13)15)5-6-11-4-3-7-14-9-11/h3-4,7,9H,2,5-6,8H2,1H3,(H2,13,15). The zero-order valence-corrected chi connectivity index (χ0v) is 9.07. The van der Waals surface area contributed by atoms with Gasteiger partial charge in [0.05, 0.1) is 0 Å². The van der Waals surface area contributed by atoms with E-state index in [1.54, 1.807) is 6.20 Å². The first-order chi connectivity index (χ1) is 7.22. The Balaban J connectivity index is 2.37. The second-order valence-corrected chi connectivity index (χ2v) is 3.61. The number of hydrogen-bond acceptors (Lipinski definition) is 2. The lowest BCUT2D eigenvalue weighted by atomic mass is 9.94. The fourth-order valence-electron chi connectivity index (χ4n) is 1.50. The maximum absolute atomic E-state index is 10.8. The molecule has 0 aliphatic heterocycles. The van der Waals surface area contributed by atoms with Crippen LogP contribution < -0.4 is 5.73 Å². The van der Waals surface area contributed by atoms with Crippen molar-refractivity contribution in [3.63, 3.8) is 0 Å². The summed E-state index contributed by atoms with van der Waals surface area (Å²) in [5, 5.41) is 0. The second kappa shape index (κ2) is 6.17. The molecule has 15 heavy (non-hydrogen) atoms. The van der Waals surface area contributed by atoms with Crippen molar-refractivity contribution in [2.45, 2.75) is 32.6 Å². The molecule has 0 aromatic carbocycles. The van der Waals surface area contributed by atoms with Gasteiger partial charge in [0, 0.05) is 18.8 Å². The molecule has 0 saturated heterocycles. The van der Waals surface area contributed by atoms with Crippen LogP contribution in [0.15, 0.2) is 24.5 Å². The van der Waals surface area contributed by atoms with E-state index in [0.29, 0.717) is 6.42 Å². The molecule has 0 fully saturated rings. The van der Waals surface area contributed by atoms with E-state index < -0.39 is 0 Å². The summed E-state index contributed by atoms with van der Waals surface area (Å²) in [6.45, 7) is 2.06. The fraction of sp³-hybridized carbons (Fsp3) is 0.417. The predicted molar refractivity (Wildman–Crippen MR) is 59.9 cm³/mol. The van der Waals surface area contributed by atoms with Gasteiger partial charge in [-0.05, 0) is 36.8 Å². The van der Waals surface area contributed by atoms with Gasteiger partial charge in [0.2, 0.25) is 5.91 Å². The van der Waals surface area contributed by atoms with Crippen LogP contribution in [-0.2, 0) is 11.2 Å². The summed E-state index contributed by atoms with van der Waals surface area (Å²) >= 11 is 0. The van der Waals surface area contributed by atoms with E-state index in [1.807, 2.05) is 18.3 Å². The minimum Gasteiger partial charge on any atom is -0.370 e. The number of carbonyl (C=O) groups is 1. The van der Waals surface area contributed by atoms with Gasteiger partial charge >= 0.3 is 0 Å². The van der Waals surface area contributed by atoms with Crippen LogP contribution in [0.2, 0.25) is 0 Å². The fourth-order valence-corrected chi connectivity index (χ4v) is 1.50. The Morgan fingerprint density at radius 1 is 1.53 bits per heavy atom. The molecule has 0 aliphatic rings. The smallest absolute Gasteiger partial charge is 0.217 e. The summed E-state index contributed by atoms with van der Waals surface area (Å²) in [5.74, 6) is 0.976. The molecule has 1 rings (SSSR count). The molecular formula is C12H17N2O. The number of aromatic nitrogens is 1. The van der Waals surface area contributed by atoms with Gasteiger partial charge in [-0.25, -0.2) is 0 Å². The average Bonchev–Trinajstić information content (AvgIpc) is 2.25. The Morgan fingerprint density at radius 3 is 2.87 bits per heavy atom. The van der Waals surface area contributed by atoms with Gasteiger partial charge in [-0.15, -0.1) is 0 Å². The van der Waals surface area contributed by atoms with Gasteiger partial charge in [-0.2, -0.15) is 0 Å². The van der Waals surface area contributed by atoms with E-state index in [2.05, 4.69) is 11.9 Å². The van der Waals surface area contributed by atoms with Crippen molar-refractivity contribution < 1.29 is 4.79 Å². The third-order valence-corrected chi connectivity index (χ3v) is 2.41. The van der Waals surface area contributed by atoms with Gasteiger partial charge in [-0.1, -0.05) is 13.0 Å². The summed E-state index contributed by atoms with van der Waals surface area (Å²) in [6, 6.07) is 3.97. The molecule has 81 valence electrons. The van der Waals surface area contributed by atoms with Gasteiger partial charge < -0.3 is 5.73 Å². The van der Waals surface area contributed by atoms with Crippen LogP contribution in [-0.4, -0.2) is 10.9 Å². The van der Waals surface area contributed by atoms with Crippen LogP contribution in [0.1, 0.15) is 31.7 Å². The minimum absolute atomic E-state index is 0.238. The number of hydrogen-bond donors (Lipinski definition) is 1. The number of amides is 1. The van der Waals surface area contributed by atoms with Crippen molar-refractivity contribution in [3.8, 4) is 0 Å². The van der Waals surface area contributed by atoms with Crippen LogP contribution in [0, 0.1) is 5.92 Å². The number of nitrogens with two attached hydrogens (primary N) is 1. The second-order valence-electron chi connectivity index (χ2n) is 3.61. The third-order valence-electron chi connectivity index (χ3n) is 2.41. The van der Waals surface area contributed by atoms with Crippen molar-refractivity contribution in [2.24, 2.45) is 5.73 Å². The topological polar surface area (TPSA) is 56.0 Å².